The monoisotopic (exact) mass is 451 g/mol. The average molecular weight is 452 g/mol. The van der Waals surface area contributed by atoms with E-state index in [-0.39, 0.29) is 0 Å². The molecule has 5 rings (SSSR count). The van der Waals surface area contributed by atoms with Crippen molar-refractivity contribution >= 4 is 13.3 Å². The summed E-state index contributed by atoms with van der Waals surface area (Å²) < 4.78 is 0. The Kier molecular flexibility index (Phi) is 6.66. The lowest BCUT2D eigenvalue weighted by Gasteiger charge is -2.37. The van der Waals surface area contributed by atoms with Crippen molar-refractivity contribution in [3.63, 3.8) is 0 Å². The summed E-state index contributed by atoms with van der Waals surface area (Å²) in [5.41, 5.74) is 8.40. The van der Waals surface area contributed by atoms with E-state index in [1.807, 2.05) is 0 Å². The number of allylic oxidation sites excluding steroid dienone is 1. The second-order valence-electron chi connectivity index (χ2n) is 10.4. The molecule has 0 aliphatic heterocycles. The summed E-state index contributed by atoms with van der Waals surface area (Å²) in [6.07, 6.45) is 9.96. The van der Waals surface area contributed by atoms with Crippen LogP contribution in [0, 0.1) is 0 Å². The Morgan fingerprint density at radius 1 is 0.788 bits per heavy atom. The fourth-order valence-corrected chi connectivity index (χ4v) is 9.78. The second-order valence-corrected chi connectivity index (χ2v) is 15.1. The van der Waals surface area contributed by atoms with Crippen LogP contribution in [-0.4, -0.2) is 14.6 Å². The highest BCUT2D eigenvalue weighted by Crippen LogP contribution is 2.40. The Morgan fingerprint density at radius 2 is 1.39 bits per heavy atom. The largest absolute Gasteiger partial charge is 0.306 e. The highest BCUT2D eigenvalue weighted by Gasteiger charge is 2.36. The van der Waals surface area contributed by atoms with E-state index in [2.05, 4.69) is 103 Å². The third kappa shape index (κ3) is 4.65. The molecule has 0 radical (unpaired) electrons. The summed E-state index contributed by atoms with van der Waals surface area (Å²) in [6.45, 7) is 6.20. The molecule has 1 atom stereocenters. The van der Waals surface area contributed by atoms with Crippen LogP contribution in [0.15, 0.2) is 90.5 Å². The lowest BCUT2D eigenvalue weighted by Crippen LogP contribution is -2.47. The Labute approximate surface area is 201 Å². The molecule has 2 aliphatic carbocycles. The van der Waals surface area contributed by atoms with Gasteiger partial charge in [-0.1, -0.05) is 109 Å². The molecule has 0 amide bonds. The van der Waals surface area contributed by atoms with Crippen molar-refractivity contribution in [3.05, 3.63) is 113 Å². The highest BCUT2D eigenvalue weighted by molar-refractivity contribution is 6.91. The van der Waals surface area contributed by atoms with Crippen molar-refractivity contribution in [2.75, 3.05) is 6.54 Å². The zero-order valence-electron chi connectivity index (χ0n) is 20.2. The van der Waals surface area contributed by atoms with E-state index >= 15 is 0 Å². The molecule has 3 aromatic rings. The molecule has 2 aliphatic rings. The molecule has 0 bridgehead atoms. The molecule has 1 nitrogen and oxygen atoms in total. The van der Waals surface area contributed by atoms with Gasteiger partial charge >= 0.3 is 0 Å². The fraction of sp³-hybridized carbons (Fsp3) is 0.355. The quantitative estimate of drug-likeness (QED) is 0.316. The van der Waals surface area contributed by atoms with Gasteiger partial charge in [0, 0.05) is 0 Å². The molecule has 170 valence electrons. The maximum absolute atomic E-state index is 4.01. The zero-order chi connectivity index (χ0) is 22.7. The summed E-state index contributed by atoms with van der Waals surface area (Å²) >= 11 is 0. The first-order chi connectivity index (χ1) is 16.1. The number of fused-ring (bicyclic) bond motifs is 2. The lowest BCUT2D eigenvalue weighted by molar-refractivity contribution is 0.580. The molecule has 0 heterocycles. The Bertz CT molecular complexity index is 1070. The van der Waals surface area contributed by atoms with Crippen LogP contribution < -0.4 is 10.5 Å². The predicted octanol–water partition coefficient (Wildman–Crippen LogP) is 6.95. The first-order valence-electron chi connectivity index (χ1n) is 12.8. The van der Waals surface area contributed by atoms with Crippen molar-refractivity contribution in [1.82, 2.24) is 5.32 Å². The van der Waals surface area contributed by atoms with E-state index in [4.69, 9.17) is 0 Å². The van der Waals surface area contributed by atoms with Gasteiger partial charge in [-0.05, 0) is 72.9 Å². The van der Waals surface area contributed by atoms with E-state index in [1.165, 1.54) is 41.5 Å². The minimum Gasteiger partial charge on any atom is -0.306 e. The van der Waals surface area contributed by atoms with Gasteiger partial charge in [-0.25, -0.2) is 0 Å². The summed E-state index contributed by atoms with van der Waals surface area (Å²) in [7, 11) is -1.55. The van der Waals surface area contributed by atoms with Gasteiger partial charge in [0.05, 0.1) is 14.1 Å². The maximum atomic E-state index is 4.01. The van der Waals surface area contributed by atoms with Crippen LogP contribution in [0.1, 0.15) is 54.0 Å². The van der Waals surface area contributed by atoms with Crippen LogP contribution >= 0.6 is 0 Å². The lowest BCUT2D eigenvalue weighted by atomic mass is 9.93. The molecule has 0 fully saturated rings. The number of hydrogen-bond acceptors (Lipinski definition) is 1. The number of rotatable bonds is 6. The summed E-state index contributed by atoms with van der Waals surface area (Å²) in [4.78, 5) is 0. The third-order valence-electron chi connectivity index (χ3n) is 8.10. The first kappa shape index (κ1) is 22.4. The molecule has 3 aromatic carbocycles. The van der Waals surface area contributed by atoms with Gasteiger partial charge in [0.15, 0.2) is 0 Å². The van der Waals surface area contributed by atoms with Crippen LogP contribution in [0.3, 0.4) is 0 Å². The van der Waals surface area contributed by atoms with Crippen molar-refractivity contribution in [2.45, 2.75) is 63.2 Å². The van der Waals surface area contributed by atoms with Gasteiger partial charge in [0.25, 0.3) is 0 Å². The molecule has 33 heavy (non-hydrogen) atoms. The van der Waals surface area contributed by atoms with Gasteiger partial charge < -0.3 is 5.32 Å². The van der Waals surface area contributed by atoms with Crippen LogP contribution in [0.25, 0.3) is 0 Å². The molecule has 0 aromatic heterocycles. The summed E-state index contributed by atoms with van der Waals surface area (Å²) in [5, 5.41) is 5.61. The van der Waals surface area contributed by atoms with E-state index in [1.54, 1.807) is 10.8 Å². The standard InChI is InChI=1S/C31H37NSi/c1-33(2,27-15-4-3-5-16-27)30-19-11-8-14-26(30)22-23-32-31-28-17-9-6-12-24(28)20-21-25-13-7-10-18-29(25)31/h3-7,9-10,12-18,30-32H,8,11,19-23H2,1-2H3/t30-/m1/s1. The Hall–Kier alpha value is -2.42. The van der Waals surface area contributed by atoms with Gasteiger partial charge in [-0.3, -0.25) is 0 Å². The van der Waals surface area contributed by atoms with Gasteiger partial charge in [0.2, 0.25) is 0 Å². The molecule has 1 N–H and O–H groups in total. The normalized spacial score (nSPS) is 18.7. The number of nitrogens with one attached hydrogen (secondary N) is 1. The third-order valence-corrected chi connectivity index (χ3v) is 12.3. The molecular weight excluding hydrogens is 414 g/mol. The van der Waals surface area contributed by atoms with Crippen LogP contribution in [0.2, 0.25) is 18.6 Å². The van der Waals surface area contributed by atoms with Gasteiger partial charge in [-0.15, -0.1) is 0 Å². The number of benzene rings is 3. The maximum Gasteiger partial charge on any atom is 0.0876 e. The molecule has 0 spiro atoms. The van der Waals surface area contributed by atoms with E-state index in [0.717, 1.165) is 31.3 Å². The van der Waals surface area contributed by atoms with Crippen molar-refractivity contribution < 1.29 is 0 Å². The van der Waals surface area contributed by atoms with Gasteiger partial charge in [-0.2, -0.15) is 0 Å². The molecule has 0 saturated carbocycles. The van der Waals surface area contributed by atoms with E-state index in [0.29, 0.717) is 6.04 Å². The second kappa shape index (κ2) is 9.83. The Balaban J connectivity index is 1.35. The molecular formula is C31H37NSi. The summed E-state index contributed by atoms with van der Waals surface area (Å²) in [5.74, 6) is 0. The average Bonchev–Trinajstić information content (AvgIpc) is 3.02. The highest BCUT2D eigenvalue weighted by atomic mass is 28.3. The van der Waals surface area contributed by atoms with Crippen LogP contribution in [-0.2, 0) is 12.8 Å². The van der Waals surface area contributed by atoms with Gasteiger partial charge in [0.1, 0.15) is 0 Å². The molecule has 0 unspecified atom stereocenters. The van der Waals surface area contributed by atoms with Crippen molar-refractivity contribution in [1.29, 1.82) is 0 Å². The van der Waals surface area contributed by atoms with E-state index in [9.17, 15) is 0 Å². The molecule has 2 heteroatoms. The number of aryl methyl sites for hydroxylation is 2. The minimum atomic E-state index is -1.55. The van der Waals surface area contributed by atoms with Crippen LogP contribution in [0.5, 0.6) is 0 Å². The fourth-order valence-electron chi connectivity index (χ4n) is 6.21. The van der Waals surface area contributed by atoms with E-state index < -0.39 is 8.07 Å². The SMILES string of the molecule is C[Si](C)(c1ccccc1)[C@@H]1CCCC=C1CCNC1c2ccccc2CCc2ccccc21. The topological polar surface area (TPSA) is 12.0 Å². The zero-order valence-corrected chi connectivity index (χ0v) is 21.2. The number of hydrogen-bond donors (Lipinski definition) is 1. The minimum absolute atomic E-state index is 0.293. The van der Waals surface area contributed by atoms with Crippen LogP contribution in [0.4, 0.5) is 0 Å². The Morgan fingerprint density at radius 3 is 2.06 bits per heavy atom. The smallest absolute Gasteiger partial charge is 0.0876 e. The van der Waals surface area contributed by atoms with Crippen molar-refractivity contribution in [2.24, 2.45) is 0 Å². The predicted molar refractivity (Wildman–Crippen MR) is 144 cm³/mol. The summed E-state index contributed by atoms with van der Waals surface area (Å²) in [6, 6.07) is 29.7. The van der Waals surface area contributed by atoms with Crippen molar-refractivity contribution in [3.8, 4) is 0 Å². The molecule has 0 saturated heterocycles. The first-order valence-corrected chi connectivity index (χ1v) is 15.9.